The monoisotopic (exact) mass is 296 g/mol. The summed E-state index contributed by atoms with van der Waals surface area (Å²) < 4.78 is 5.22. The van der Waals surface area contributed by atoms with Gasteiger partial charge >= 0.3 is 0 Å². The maximum atomic E-state index is 12.4. The van der Waals surface area contributed by atoms with Gasteiger partial charge in [0.25, 0.3) is 5.91 Å². The van der Waals surface area contributed by atoms with E-state index < -0.39 is 0 Å². The lowest BCUT2D eigenvalue weighted by Gasteiger charge is -2.29. The maximum Gasteiger partial charge on any atom is 0.255 e. The predicted octanol–water partition coefficient (Wildman–Crippen LogP) is 3.24. The number of nitrogens with one attached hydrogen (secondary N) is 1. The van der Waals surface area contributed by atoms with Gasteiger partial charge in [-0.15, -0.1) is 0 Å². The van der Waals surface area contributed by atoms with E-state index in [1.54, 1.807) is 12.1 Å². The second-order valence-corrected chi connectivity index (χ2v) is 5.82. The number of hydrogen-bond acceptors (Lipinski definition) is 3. The fourth-order valence-electron chi connectivity index (χ4n) is 2.69. The lowest BCUT2D eigenvalue weighted by atomic mass is 9.86. The number of nitrogen functional groups attached to an aromatic ring is 1. The Morgan fingerprint density at radius 1 is 1.40 bits per heavy atom. The minimum absolute atomic E-state index is 0.150. The molecule has 0 aromatic heterocycles. The van der Waals surface area contributed by atoms with E-state index in [1.165, 1.54) is 13.5 Å². The quantitative estimate of drug-likeness (QED) is 0.842. The zero-order valence-electron chi connectivity index (χ0n) is 11.9. The molecule has 0 heterocycles. The molecule has 20 heavy (non-hydrogen) atoms. The molecule has 3 N–H and O–H groups in total. The van der Waals surface area contributed by atoms with Crippen molar-refractivity contribution in [1.29, 1.82) is 0 Å². The number of benzene rings is 1. The van der Waals surface area contributed by atoms with Crippen LogP contribution in [0.2, 0.25) is 5.02 Å². The van der Waals surface area contributed by atoms with Crippen LogP contribution in [-0.2, 0) is 0 Å². The summed E-state index contributed by atoms with van der Waals surface area (Å²) in [4.78, 5) is 12.4. The lowest BCUT2D eigenvalue weighted by Crippen LogP contribution is -2.41. The van der Waals surface area contributed by atoms with E-state index in [1.807, 2.05) is 0 Å². The van der Waals surface area contributed by atoms with Crippen LogP contribution in [-0.4, -0.2) is 19.1 Å². The Labute approximate surface area is 124 Å². The summed E-state index contributed by atoms with van der Waals surface area (Å²) in [7, 11) is 1.52. The van der Waals surface area contributed by atoms with E-state index >= 15 is 0 Å². The maximum absolute atomic E-state index is 12.4. The van der Waals surface area contributed by atoms with Crippen molar-refractivity contribution >= 4 is 23.2 Å². The number of halogens is 1. The largest absolute Gasteiger partial charge is 0.496 e. The van der Waals surface area contributed by atoms with E-state index in [0.717, 1.165) is 19.3 Å². The third-order valence-corrected chi connectivity index (χ3v) is 4.32. The molecule has 4 nitrogen and oxygen atoms in total. The van der Waals surface area contributed by atoms with Crippen molar-refractivity contribution in [2.75, 3.05) is 12.8 Å². The zero-order chi connectivity index (χ0) is 14.7. The molecule has 1 amide bonds. The van der Waals surface area contributed by atoms with Crippen LogP contribution in [0.15, 0.2) is 12.1 Å². The van der Waals surface area contributed by atoms with Gasteiger partial charge in [-0.1, -0.05) is 31.4 Å². The van der Waals surface area contributed by atoms with Crippen molar-refractivity contribution in [3.63, 3.8) is 0 Å². The molecule has 0 spiro atoms. The molecule has 0 aliphatic heterocycles. The van der Waals surface area contributed by atoms with E-state index in [9.17, 15) is 4.79 Å². The van der Waals surface area contributed by atoms with E-state index in [4.69, 9.17) is 22.1 Å². The van der Waals surface area contributed by atoms with Gasteiger partial charge in [0.15, 0.2) is 0 Å². The van der Waals surface area contributed by atoms with Gasteiger partial charge < -0.3 is 15.8 Å². The van der Waals surface area contributed by atoms with Gasteiger partial charge in [0.05, 0.1) is 23.4 Å². The Balaban J connectivity index is 2.18. The minimum Gasteiger partial charge on any atom is -0.496 e. The highest BCUT2D eigenvalue weighted by Gasteiger charge is 2.24. The average molecular weight is 297 g/mol. The molecule has 1 aromatic carbocycles. The molecule has 1 aliphatic rings. The van der Waals surface area contributed by atoms with Crippen LogP contribution in [0.25, 0.3) is 0 Å². The van der Waals surface area contributed by atoms with Gasteiger partial charge in [-0.05, 0) is 24.8 Å². The van der Waals surface area contributed by atoms with Crippen molar-refractivity contribution in [3.8, 4) is 5.75 Å². The number of anilines is 1. The first kappa shape index (κ1) is 15.0. The third-order valence-electron chi connectivity index (χ3n) is 3.99. The molecular formula is C15H21ClN2O2. The standard InChI is InChI=1S/C15H21ClN2O2/c1-9-5-3-4-6-13(9)18-15(19)10-7-11(16)12(17)8-14(10)20-2/h7-9,13H,3-6,17H2,1-2H3,(H,18,19). The van der Waals surface area contributed by atoms with Gasteiger partial charge in [-0.2, -0.15) is 0 Å². The first-order chi connectivity index (χ1) is 9.52. The first-order valence-corrected chi connectivity index (χ1v) is 7.34. The topological polar surface area (TPSA) is 64.3 Å². The second-order valence-electron chi connectivity index (χ2n) is 5.42. The fraction of sp³-hybridized carbons (Fsp3) is 0.533. The van der Waals surface area contributed by atoms with Gasteiger partial charge in [0.1, 0.15) is 5.75 Å². The van der Waals surface area contributed by atoms with E-state index in [2.05, 4.69) is 12.2 Å². The van der Waals surface area contributed by atoms with Gasteiger partial charge in [0, 0.05) is 12.1 Å². The van der Waals surface area contributed by atoms with Crippen LogP contribution in [0.3, 0.4) is 0 Å². The van der Waals surface area contributed by atoms with Crippen molar-refractivity contribution in [3.05, 3.63) is 22.7 Å². The van der Waals surface area contributed by atoms with Crippen molar-refractivity contribution < 1.29 is 9.53 Å². The third kappa shape index (κ3) is 3.18. The number of amides is 1. The first-order valence-electron chi connectivity index (χ1n) is 6.96. The van der Waals surface area contributed by atoms with Crippen molar-refractivity contribution in [2.45, 2.75) is 38.6 Å². The molecule has 110 valence electrons. The zero-order valence-corrected chi connectivity index (χ0v) is 12.7. The number of hydrogen-bond donors (Lipinski definition) is 2. The molecule has 1 aliphatic carbocycles. The number of carbonyl (C=O) groups excluding carboxylic acids is 1. The average Bonchev–Trinajstić information content (AvgIpc) is 2.43. The molecule has 1 aromatic rings. The molecule has 1 fully saturated rings. The van der Waals surface area contributed by atoms with Crippen molar-refractivity contribution in [1.82, 2.24) is 5.32 Å². The van der Waals surface area contributed by atoms with Crippen LogP contribution in [0.4, 0.5) is 5.69 Å². The summed E-state index contributed by atoms with van der Waals surface area (Å²) in [6.07, 6.45) is 4.59. The molecular weight excluding hydrogens is 276 g/mol. The summed E-state index contributed by atoms with van der Waals surface area (Å²) in [5, 5.41) is 3.46. The molecule has 0 radical (unpaired) electrons. The van der Waals surface area contributed by atoms with Gasteiger partial charge in [0.2, 0.25) is 0 Å². The summed E-state index contributed by atoms with van der Waals surface area (Å²) >= 11 is 6.00. The molecule has 2 atom stereocenters. The fourth-order valence-corrected chi connectivity index (χ4v) is 2.86. The van der Waals surface area contributed by atoms with Crippen LogP contribution in [0.1, 0.15) is 43.0 Å². The minimum atomic E-state index is -0.150. The summed E-state index contributed by atoms with van der Waals surface area (Å²) in [6.45, 7) is 2.18. The summed E-state index contributed by atoms with van der Waals surface area (Å²) in [5.41, 5.74) is 6.57. The normalized spacial score (nSPS) is 22.4. The van der Waals surface area contributed by atoms with E-state index in [0.29, 0.717) is 27.9 Å². The number of nitrogens with two attached hydrogens (primary N) is 1. The Morgan fingerprint density at radius 2 is 2.10 bits per heavy atom. The SMILES string of the molecule is COc1cc(N)c(Cl)cc1C(=O)NC1CCCCC1C. The van der Waals surface area contributed by atoms with Crippen LogP contribution in [0, 0.1) is 5.92 Å². The van der Waals surface area contributed by atoms with Crippen LogP contribution in [0.5, 0.6) is 5.75 Å². The molecule has 0 saturated heterocycles. The summed E-state index contributed by atoms with van der Waals surface area (Å²) in [6, 6.07) is 3.37. The smallest absolute Gasteiger partial charge is 0.255 e. The number of methoxy groups -OCH3 is 1. The Morgan fingerprint density at radius 3 is 2.75 bits per heavy atom. The predicted molar refractivity (Wildman–Crippen MR) is 81.3 cm³/mol. The Bertz CT molecular complexity index is 505. The van der Waals surface area contributed by atoms with Gasteiger partial charge in [-0.3, -0.25) is 4.79 Å². The van der Waals surface area contributed by atoms with E-state index in [-0.39, 0.29) is 11.9 Å². The second kappa shape index (κ2) is 6.35. The lowest BCUT2D eigenvalue weighted by molar-refractivity contribution is 0.0907. The number of ether oxygens (including phenoxy) is 1. The molecule has 0 bridgehead atoms. The number of carbonyl (C=O) groups is 1. The van der Waals surface area contributed by atoms with Crippen LogP contribution >= 0.6 is 11.6 Å². The molecule has 2 rings (SSSR count). The molecule has 2 unspecified atom stereocenters. The number of rotatable bonds is 3. The van der Waals surface area contributed by atoms with Crippen LogP contribution < -0.4 is 15.8 Å². The Hall–Kier alpha value is -1.42. The Kier molecular flexibility index (Phi) is 4.76. The van der Waals surface area contributed by atoms with Crippen molar-refractivity contribution in [2.24, 2.45) is 5.92 Å². The highest BCUT2D eigenvalue weighted by atomic mass is 35.5. The molecule has 5 heteroatoms. The van der Waals surface area contributed by atoms with Gasteiger partial charge in [-0.25, -0.2) is 0 Å². The highest BCUT2D eigenvalue weighted by molar-refractivity contribution is 6.33. The summed E-state index contributed by atoms with van der Waals surface area (Å²) in [5.74, 6) is 0.804. The molecule has 1 saturated carbocycles. The highest BCUT2D eigenvalue weighted by Crippen LogP contribution is 2.30.